The molecule has 0 atom stereocenters. The minimum Gasteiger partial charge on any atom is -0.240 e. The quantitative estimate of drug-likeness (QED) is 0.569. The molecule has 0 spiro atoms. The number of hydrogen-bond donors (Lipinski definition) is 1. The van der Waals surface area contributed by atoms with Gasteiger partial charge in [-0.2, -0.15) is 13.2 Å². The third-order valence-electron chi connectivity index (χ3n) is 3.60. The zero-order valence-electron chi connectivity index (χ0n) is 13.7. The van der Waals surface area contributed by atoms with Crippen LogP contribution in [-0.2, 0) is 22.7 Å². The second-order valence-electron chi connectivity index (χ2n) is 5.47. The number of nitrogens with zero attached hydrogens (tertiary/aromatic N) is 1. The van der Waals surface area contributed by atoms with Crippen LogP contribution in [0.4, 0.5) is 13.2 Å². The standard InChI is InChI=1S/C16H12ClF3N2O2S3/c1-9-13(26-15(22-9)12-3-2-6-25-12)8-21-27(23,24)14-7-10(16(18,19)20)4-5-11(14)17/h2-7,21H,8H2,1H3. The van der Waals surface area contributed by atoms with Crippen LogP contribution in [0.5, 0.6) is 0 Å². The maximum absolute atomic E-state index is 12.9. The number of halogens is 4. The first-order valence-electron chi connectivity index (χ1n) is 7.44. The Hall–Kier alpha value is -1.46. The summed E-state index contributed by atoms with van der Waals surface area (Å²) in [4.78, 5) is 5.43. The van der Waals surface area contributed by atoms with Crippen molar-refractivity contribution in [1.29, 1.82) is 0 Å². The Morgan fingerprint density at radius 2 is 2.00 bits per heavy atom. The molecule has 0 radical (unpaired) electrons. The summed E-state index contributed by atoms with van der Waals surface area (Å²) in [6.45, 7) is 1.65. The highest BCUT2D eigenvalue weighted by atomic mass is 35.5. The first kappa shape index (κ1) is 20.3. The maximum Gasteiger partial charge on any atom is 0.416 e. The Morgan fingerprint density at radius 1 is 1.26 bits per heavy atom. The minimum atomic E-state index is -4.67. The summed E-state index contributed by atoms with van der Waals surface area (Å²) < 4.78 is 65.9. The van der Waals surface area contributed by atoms with Crippen molar-refractivity contribution in [2.45, 2.75) is 24.5 Å². The molecule has 0 aliphatic heterocycles. The van der Waals surface area contributed by atoms with Crippen molar-refractivity contribution in [3.63, 3.8) is 0 Å². The molecular weight excluding hydrogens is 441 g/mol. The molecule has 3 rings (SSSR count). The van der Waals surface area contributed by atoms with Crippen molar-refractivity contribution < 1.29 is 21.6 Å². The van der Waals surface area contributed by atoms with Crippen LogP contribution in [0, 0.1) is 6.92 Å². The number of aromatic nitrogens is 1. The molecular formula is C16H12ClF3N2O2S3. The SMILES string of the molecule is Cc1nc(-c2cccs2)sc1CNS(=O)(=O)c1cc(C(F)(F)F)ccc1Cl. The molecule has 1 aromatic carbocycles. The summed E-state index contributed by atoms with van der Waals surface area (Å²) in [5.74, 6) is 0. The van der Waals surface area contributed by atoms with Crippen molar-refractivity contribution in [2.75, 3.05) is 0 Å². The van der Waals surface area contributed by atoms with Crippen molar-refractivity contribution in [3.8, 4) is 9.88 Å². The summed E-state index contributed by atoms with van der Waals surface area (Å²) in [5.41, 5.74) is -0.428. The zero-order valence-corrected chi connectivity index (χ0v) is 16.9. The van der Waals surface area contributed by atoms with Crippen LogP contribution in [0.1, 0.15) is 16.1 Å². The summed E-state index contributed by atoms with van der Waals surface area (Å²) >= 11 is 8.65. The molecule has 0 unspecified atom stereocenters. The molecule has 2 heterocycles. The largest absolute Gasteiger partial charge is 0.416 e. The van der Waals surface area contributed by atoms with Crippen LogP contribution in [-0.4, -0.2) is 13.4 Å². The lowest BCUT2D eigenvalue weighted by Gasteiger charge is -2.11. The van der Waals surface area contributed by atoms with Gasteiger partial charge in [0.05, 0.1) is 21.2 Å². The number of alkyl halides is 3. The van der Waals surface area contributed by atoms with E-state index in [-0.39, 0.29) is 11.6 Å². The Kier molecular flexibility index (Phi) is 5.64. The van der Waals surface area contributed by atoms with Crippen LogP contribution in [0.2, 0.25) is 5.02 Å². The Balaban J connectivity index is 1.84. The second kappa shape index (κ2) is 7.51. The third kappa shape index (κ3) is 4.52. The van der Waals surface area contributed by atoms with Crippen LogP contribution < -0.4 is 4.72 Å². The Morgan fingerprint density at radius 3 is 2.63 bits per heavy atom. The average Bonchev–Trinajstić information content (AvgIpc) is 3.21. The van der Waals surface area contributed by atoms with Gasteiger partial charge in [0.25, 0.3) is 0 Å². The zero-order chi connectivity index (χ0) is 19.8. The van der Waals surface area contributed by atoms with Gasteiger partial charge in [-0.05, 0) is 36.6 Å². The van der Waals surface area contributed by atoms with Crippen LogP contribution in [0.15, 0.2) is 40.6 Å². The van der Waals surface area contributed by atoms with E-state index in [1.807, 2.05) is 17.5 Å². The smallest absolute Gasteiger partial charge is 0.240 e. The van der Waals surface area contributed by atoms with Gasteiger partial charge in [0.15, 0.2) is 0 Å². The molecule has 4 nitrogen and oxygen atoms in total. The highest BCUT2D eigenvalue weighted by Crippen LogP contribution is 2.34. The number of nitrogens with one attached hydrogen (secondary N) is 1. The normalized spacial score (nSPS) is 12.5. The van der Waals surface area contributed by atoms with Gasteiger partial charge in [0.1, 0.15) is 9.90 Å². The van der Waals surface area contributed by atoms with Crippen molar-refractivity contribution in [3.05, 3.63) is 56.9 Å². The van der Waals surface area contributed by atoms with Gasteiger partial charge >= 0.3 is 6.18 Å². The van der Waals surface area contributed by atoms with E-state index in [0.29, 0.717) is 16.6 Å². The highest BCUT2D eigenvalue weighted by Gasteiger charge is 2.32. The van der Waals surface area contributed by atoms with Crippen LogP contribution >= 0.6 is 34.3 Å². The first-order valence-corrected chi connectivity index (χ1v) is 11.0. The van der Waals surface area contributed by atoms with Gasteiger partial charge in [-0.1, -0.05) is 17.7 Å². The summed E-state index contributed by atoms with van der Waals surface area (Å²) in [6, 6.07) is 5.98. The number of aryl methyl sites for hydroxylation is 1. The number of benzene rings is 1. The summed E-state index contributed by atoms with van der Waals surface area (Å²) in [7, 11) is -4.23. The van der Waals surface area contributed by atoms with E-state index in [0.717, 1.165) is 22.0 Å². The Bertz CT molecular complexity index is 1060. The van der Waals surface area contributed by atoms with Gasteiger partial charge in [0.2, 0.25) is 10.0 Å². The molecule has 0 saturated carbocycles. The van der Waals surface area contributed by atoms with Crippen molar-refractivity contribution >= 4 is 44.3 Å². The van der Waals surface area contributed by atoms with Gasteiger partial charge in [-0.15, -0.1) is 22.7 Å². The van der Waals surface area contributed by atoms with Crippen LogP contribution in [0.25, 0.3) is 9.88 Å². The molecule has 3 aromatic rings. The number of sulfonamides is 1. The Labute approximate surface area is 166 Å². The lowest BCUT2D eigenvalue weighted by atomic mass is 10.2. The van der Waals surface area contributed by atoms with Crippen molar-refractivity contribution in [2.24, 2.45) is 0 Å². The molecule has 2 aromatic heterocycles. The molecule has 0 amide bonds. The maximum atomic E-state index is 12.9. The predicted octanol–water partition coefficient (Wildman–Crippen LogP) is 5.33. The molecule has 144 valence electrons. The lowest BCUT2D eigenvalue weighted by molar-refractivity contribution is -0.137. The number of hydrogen-bond acceptors (Lipinski definition) is 5. The molecule has 0 aliphatic carbocycles. The van der Waals surface area contributed by atoms with Gasteiger partial charge in [-0.3, -0.25) is 0 Å². The first-order chi connectivity index (χ1) is 12.6. The molecule has 11 heteroatoms. The lowest BCUT2D eigenvalue weighted by Crippen LogP contribution is -2.24. The topological polar surface area (TPSA) is 59.1 Å². The fraction of sp³-hybridized carbons (Fsp3) is 0.188. The van der Waals surface area contributed by atoms with Crippen molar-refractivity contribution in [1.82, 2.24) is 9.71 Å². The fourth-order valence-electron chi connectivity index (χ4n) is 2.22. The van der Waals surface area contributed by atoms with Gasteiger partial charge in [-0.25, -0.2) is 18.1 Å². The molecule has 27 heavy (non-hydrogen) atoms. The number of thiophene rings is 1. The summed E-state index contributed by atoms with van der Waals surface area (Å²) in [6.07, 6.45) is -4.67. The summed E-state index contributed by atoms with van der Waals surface area (Å²) in [5, 5.41) is 2.38. The predicted molar refractivity (Wildman–Crippen MR) is 101 cm³/mol. The molecule has 0 fully saturated rings. The number of rotatable bonds is 5. The van der Waals surface area contributed by atoms with E-state index in [9.17, 15) is 21.6 Å². The molecule has 0 aliphatic rings. The monoisotopic (exact) mass is 452 g/mol. The molecule has 0 saturated heterocycles. The van der Waals surface area contributed by atoms with E-state index < -0.39 is 26.7 Å². The second-order valence-corrected chi connectivity index (χ2v) is 9.65. The third-order valence-corrected chi connectivity index (χ3v) is 7.67. The minimum absolute atomic E-state index is 0.0935. The van der Waals surface area contributed by atoms with E-state index >= 15 is 0 Å². The van der Waals surface area contributed by atoms with Gasteiger partial charge < -0.3 is 0 Å². The van der Waals surface area contributed by atoms with Gasteiger partial charge in [0, 0.05) is 11.4 Å². The van der Waals surface area contributed by atoms with E-state index in [1.54, 1.807) is 6.92 Å². The fourth-order valence-corrected chi connectivity index (χ4v) is 5.63. The van der Waals surface area contributed by atoms with Crippen LogP contribution in [0.3, 0.4) is 0 Å². The van der Waals surface area contributed by atoms with E-state index in [1.165, 1.54) is 22.7 Å². The molecule has 1 N–H and O–H groups in total. The highest BCUT2D eigenvalue weighted by molar-refractivity contribution is 7.89. The van der Waals surface area contributed by atoms with E-state index in [2.05, 4.69) is 9.71 Å². The average molecular weight is 453 g/mol. The molecule has 0 bridgehead atoms. The van der Waals surface area contributed by atoms with E-state index in [4.69, 9.17) is 11.6 Å². The number of thiazole rings is 1.